The van der Waals surface area contributed by atoms with E-state index in [1.165, 1.54) is 0 Å². The third-order valence-corrected chi connectivity index (χ3v) is 6.35. The number of H-pyrrole nitrogens is 1. The van der Waals surface area contributed by atoms with Crippen molar-refractivity contribution in [1.29, 1.82) is 0 Å². The molecule has 4 aromatic rings. The van der Waals surface area contributed by atoms with Gasteiger partial charge < -0.3 is 24.7 Å². The van der Waals surface area contributed by atoms with Crippen molar-refractivity contribution in [1.82, 2.24) is 15.3 Å². The summed E-state index contributed by atoms with van der Waals surface area (Å²) in [5.41, 5.74) is 5.68. The molecule has 3 N–H and O–H groups in total. The van der Waals surface area contributed by atoms with Crippen molar-refractivity contribution in [3.63, 3.8) is 0 Å². The van der Waals surface area contributed by atoms with Gasteiger partial charge in [-0.15, -0.1) is 0 Å². The Hall–Kier alpha value is -3.58. The third kappa shape index (κ3) is 3.78. The molecule has 0 bridgehead atoms. The lowest BCUT2D eigenvalue weighted by atomic mass is 10.0. The number of nitrogens with zero attached hydrogens (tertiary/aromatic N) is 2. The molecule has 3 heterocycles. The standard InChI is InChI=1S/C26H28N4O3/c1-15-13-16(2)21-19(9-10-27-21)20(15)24-29-22(25(31)32)23(33-24)17-5-7-18(8-6-17)30-12-11-28-26(3,4)14-30/h5-10,13,27-28H,11-12,14H2,1-4H3,(H,31,32). The maximum atomic E-state index is 12.0. The molecule has 0 unspecified atom stereocenters. The van der Waals surface area contributed by atoms with Crippen LogP contribution in [0.1, 0.15) is 35.5 Å². The highest BCUT2D eigenvalue weighted by Gasteiger charge is 2.27. The van der Waals surface area contributed by atoms with Crippen LogP contribution in [0.2, 0.25) is 0 Å². The average Bonchev–Trinajstić information content (AvgIpc) is 3.41. The summed E-state index contributed by atoms with van der Waals surface area (Å²) in [6.07, 6.45) is 1.87. The van der Waals surface area contributed by atoms with Gasteiger partial charge in [0.25, 0.3) is 0 Å². The predicted molar refractivity (Wildman–Crippen MR) is 130 cm³/mol. The lowest BCUT2D eigenvalue weighted by Crippen LogP contribution is -2.57. The van der Waals surface area contributed by atoms with Gasteiger partial charge in [0.05, 0.1) is 0 Å². The number of aromatic nitrogens is 2. The minimum absolute atomic E-state index is 0.0443. The molecule has 0 radical (unpaired) electrons. The number of fused-ring (bicyclic) bond motifs is 1. The molecule has 0 aliphatic carbocycles. The van der Waals surface area contributed by atoms with Gasteiger partial charge in [-0.2, -0.15) is 0 Å². The number of aromatic amines is 1. The van der Waals surface area contributed by atoms with E-state index in [2.05, 4.69) is 40.1 Å². The fourth-order valence-corrected chi connectivity index (χ4v) is 4.82. The van der Waals surface area contributed by atoms with Crippen molar-refractivity contribution in [3.8, 4) is 22.8 Å². The Balaban J connectivity index is 1.55. The number of aryl methyl sites for hydroxylation is 2. The second kappa shape index (κ2) is 7.78. The van der Waals surface area contributed by atoms with Gasteiger partial charge >= 0.3 is 5.97 Å². The number of hydrogen-bond donors (Lipinski definition) is 3. The molecular weight excluding hydrogens is 416 g/mol. The average molecular weight is 445 g/mol. The van der Waals surface area contributed by atoms with E-state index in [-0.39, 0.29) is 17.0 Å². The van der Waals surface area contributed by atoms with E-state index in [1.54, 1.807) is 0 Å². The van der Waals surface area contributed by atoms with Crippen LogP contribution in [0.25, 0.3) is 33.7 Å². The van der Waals surface area contributed by atoms with Gasteiger partial charge in [0, 0.05) is 59.1 Å². The summed E-state index contributed by atoms with van der Waals surface area (Å²) in [4.78, 5) is 22.0. The predicted octanol–water partition coefficient (Wildman–Crippen LogP) is 4.99. The van der Waals surface area contributed by atoms with E-state index in [0.29, 0.717) is 11.5 Å². The molecule has 0 saturated carbocycles. The zero-order valence-corrected chi connectivity index (χ0v) is 19.3. The largest absolute Gasteiger partial charge is 0.476 e. The number of nitrogens with one attached hydrogen (secondary N) is 2. The number of benzene rings is 2. The summed E-state index contributed by atoms with van der Waals surface area (Å²) in [5, 5.41) is 14.3. The fraction of sp³-hybridized carbons (Fsp3) is 0.308. The van der Waals surface area contributed by atoms with Crippen molar-refractivity contribution >= 4 is 22.6 Å². The minimum Gasteiger partial charge on any atom is -0.476 e. The molecule has 0 spiro atoms. The molecule has 0 amide bonds. The Bertz CT molecular complexity index is 1350. The molecule has 1 fully saturated rings. The number of rotatable bonds is 4. The Kier molecular flexibility index (Phi) is 5.01. The summed E-state index contributed by atoms with van der Waals surface area (Å²) in [6.45, 7) is 11.2. The molecule has 170 valence electrons. The van der Waals surface area contributed by atoms with Crippen LogP contribution in [0.4, 0.5) is 5.69 Å². The Labute approximate surface area is 192 Å². The maximum Gasteiger partial charge on any atom is 0.358 e. The van der Waals surface area contributed by atoms with Gasteiger partial charge in [-0.25, -0.2) is 9.78 Å². The minimum atomic E-state index is -1.11. The van der Waals surface area contributed by atoms with Crippen LogP contribution >= 0.6 is 0 Å². The third-order valence-electron chi connectivity index (χ3n) is 6.35. The van der Waals surface area contributed by atoms with Crippen molar-refractivity contribution < 1.29 is 14.3 Å². The van der Waals surface area contributed by atoms with Gasteiger partial charge in [0.2, 0.25) is 5.89 Å². The zero-order chi connectivity index (χ0) is 23.3. The number of carboxylic acids is 1. The van der Waals surface area contributed by atoms with Gasteiger partial charge in [-0.3, -0.25) is 0 Å². The molecule has 5 rings (SSSR count). The van der Waals surface area contributed by atoms with Crippen molar-refractivity contribution in [2.45, 2.75) is 33.2 Å². The normalized spacial score (nSPS) is 15.8. The molecule has 2 aromatic carbocycles. The number of aromatic carboxylic acids is 1. The molecule has 7 heteroatoms. The Morgan fingerprint density at radius 3 is 2.61 bits per heavy atom. The molecule has 7 nitrogen and oxygen atoms in total. The van der Waals surface area contributed by atoms with E-state index >= 15 is 0 Å². The number of oxazole rings is 1. The van der Waals surface area contributed by atoms with Crippen molar-refractivity contribution in [3.05, 3.63) is 59.4 Å². The van der Waals surface area contributed by atoms with E-state index in [4.69, 9.17) is 4.42 Å². The fourth-order valence-electron chi connectivity index (χ4n) is 4.82. The Morgan fingerprint density at radius 1 is 1.15 bits per heavy atom. The summed E-state index contributed by atoms with van der Waals surface area (Å²) >= 11 is 0. The van der Waals surface area contributed by atoms with Gasteiger partial charge in [-0.05, 0) is 69.2 Å². The van der Waals surface area contributed by atoms with E-state index in [9.17, 15) is 9.90 Å². The van der Waals surface area contributed by atoms with Crippen LogP contribution in [0.3, 0.4) is 0 Å². The van der Waals surface area contributed by atoms with Crippen LogP contribution in [-0.4, -0.2) is 46.2 Å². The molecule has 1 saturated heterocycles. The van der Waals surface area contributed by atoms with E-state index in [0.717, 1.165) is 52.9 Å². The van der Waals surface area contributed by atoms with Gasteiger partial charge in [0.1, 0.15) is 0 Å². The highest BCUT2D eigenvalue weighted by molar-refractivity contribution is 5.98. The van der Waals surface area contributed by atoms with E-state index in [1.807, 2.05) is 50.4 Å². The van der Waals surface area contributed by atoms with Crippen LogP contribution in [0.5, 0.6) is 0 Å². The highest BCUT2D eigenvalue weighted by Crippen LogP contribution is 2.37. The lowest BCUT2D eigenvalue weighted by Gasteiger charge is -2.40. The topological polar surface area (TPSA) is 94.4 Å². The number of anilines is 1. The van der Waals surface area contributed by atoms with Gasteiger partial charge in [0.15, 0.2) is 11.5 Å². The SMILES string of the molecule is Cc1cc(C)c2[nH]ccc2c1-c1nc(C(=O)O)c(-c2ccc(N3CCNC(C)(C)C3)cc2)o1. The van der Waals surface area contributed by atoms with Crippen LogP contribution in [-0.2, 0) is 0 Å². The lowest BCUT2D eigenvalue weighted by molar-refractivity contribution is 0.0691. The van der Waals surface area contributed by atoms with Gasteiger partial charge in [-0.1, -0.05) is 6.07 Å². The first kappa shape index (κ1) is 21.3. The maximum absolute atomic E-state index is 12.0. The number of piperazine rings is 1. The quantitative estimate of drug-likeness (QED) is 0.410. The summed E-state index contributed by atoms with van der Waals surface area (Å²) in [5.74, 6) is -0.520. The zero-order valence-electron chi connectivity index (χ0n) is 19.3. The van der Waals surface area contributed by atoms with Crippen molar-refractivity contribution in [2.24, 2.45) is 0 Å². The molecule has 1 aliphatic heterocycles. The molecular formula is C26H28N4O3. The molecule has 0 atom stereocenters. The van der Waals surface area contributed by atoms with Crippen LogP contribution in [0, 0.1) is 13.8 Å². The molecule has 2 aromatic heterocycles. The number of hydrogen-bond acceptors (Lipinski definition) is 5. The Morgan fingerprint density at radius 2 is 1.91 bits per heavy atom. The summed E-state index contributed by atoms with van der Waals surface area (Å²) < 4.78 is 6.14. The van der Waals surface area contributed by atoms with E-state index < -0.39 is 5.97 Å². The van der Waals surface area contributed by atoms with Crippen LogP contribution in [0.15, 0.2) is 47.0 Å². The second-order valence-electron chi connectivity index (χ2n) is 9.43. The monoisotopic (exact) mass is 444 g/mol. The highest BCUT2D eigenvalue weighted by atomic mass is 16.4. The first-order valence-corrected chi connectivity index (χ1v) is 11.2. The van der Waals surface area contributed by atoms with Crippen molar-refractivity contribution in [2.75, 3.05) is 24.5 Å². The first-order valence-electron chi connectivity index (χ1n) is 11.2. The number of carboxylic acid groups (broad SMARTS) is 1. The smallest absolute Gasteiger partial charge is 0.358 e. The first-order chi connectivity index (χ1) is 15.7. The summed E-state index contributed by atoms with van der Waals surface area (Å²) in [6, 6.07) is 11.9. The number of carbonyl (C=O) groups is 1. The second-order valence-corrected chi connectivity index (χ2v) is 9.43. The molecule has 1 aliphatic rings. The summed E-state index contributed by atoms with van der Waals surface area (Å²) in [7, 11) is 0. The van der Waals surface area contributed by atoms with Crippen LogP contribution < -0.4 is 10.2 Å². The molecule has 33 heavy (non-hydrogen) atoms.